The van der Waals surface area contributed by atoms with Crippen molar-refractivity contribution in [2.45, 2.75) is 12.8 Å². The van der Waals surface area contributed by atoms with Gasteiger partial charge in [-0.05, 0) is 85.6 Å². The van der Waals surface area contributed by atoms with Crippen LogP contribution in [0.15, 0.2) is 357 Å². The zero-order valence-corrected chi connectivity index (χ0v) is 63.8. The van der Waals surface area contributed by atoms with Crippen molar-refractivity contribution in [3.8, 4) is 23.0 Å². The molecule has 4 aromatic heterocycles. The molecule has 4 heterocycles. The fourth-order valence-electron chi connectivity index (χ4n) is 8.84. The Hall–Kier alpha value is -14.5. The van der Waals surface area contributed by atoms with Crippen LogP contribution in [0.3, 0.4) is 0 Å². The van der Waals surface area contributed by atoms with Crippen LogP contribution in [-0.4, -0.2) is 109 Å². The van der Waals surface area contributed by atoms with Crippen molar-refractivity contribution in [3.63, 3.8) is 0 Å². The van der Waals surface area contributed by atoms with E-state index in [1.165, 1.54) is 48.5 Å². The molecule has 4 radical (unpaired) electrons. The Balaban J connectivity index is 0.000000723. The van der Waals surface area contributed by atoms with E-state index in [4.69, 9.17) is 30.6 Å². The number of carboxylic acid groups (broad SMARTS) is 2. The summed E-state index contributed by atoms with van der Waals surface area (Å²) in [5.41, 5.74) is 7.99. The van der Waals surface area contributed by atoms with Gasteiger partial charge in [0.05, 0.1) is 32.9 Å². The summed E-state index contributed by atoms with van der Waals surface area (Å²) in [6.07, 6.45) is 5.67. The molecule has 12 rings (SSSR count). The van der Waals surface area contributed by atoms with Crippen LogP contribution in [0.1, 0.15) is 80.1 Å². The number of carbonyl (C=O) groups excluding carboxylic acids is 2. The maximum atomic E-state index is 12.2. The van der Waals surface area contributed by atoms with Crippen molar-refractivity contribution in [1.82, 2.24) is 19.9 Å². The number of phenols is 4. The second-order valence-electron chi connectivity index (χ2n) is 21.5. The van der Waals surface area contributed by atoms with E-state index in [0.29, 0.717) is 45.6 Å². The number of hydrogen-bond donors (Lipinski definition) is 4. The van der Waals surface area contributed by atoms with Gasteiger partial charge in [-0.25, -0.2) is 0 Å². The number of para-hydroxylation sites is 4. The van der Waals surface area contributed by atoms with Crippen molar-refractivity contribution in [1.29, 1.82) is 0 Å². The monoisotopic (exact) mass is 1780 g/mol. The second kappa shape index (κ2) is 55.8. The van der Waals surface area contributed by atoms with E-state index in [1.807, 2.05) is 146 Å². The standard InChI is InChI=1S/4C19H15N3O2.C4H6O4.4Cu.2NO3.H2O/c4*23-17-12-5-4-10-15(17)19(24)22-21-18(14-8-2-1-3-9-14)16-11-6-7-13-20-16;5-3(6)1-2-4(7)8;;;;;2*2-1(3)4;/h4*1-13,23H,(H,22,24);1-2H2,(H,5,6)(H,7,8);;;;;;;1H2/q;;;;;4*+2;2*-1;/p-5/b4*21-18+;;;;;;;;. The van der Waals surface area contributed by atoms with Gasteiger partial charge < -0.3 is 96.8 Å². The number of rotatable bonds is 19. The van der Waals surface area contributed by atoms with Crippen LogP contribution in [0.4, 0.5) is 0 Å². The Bertz CT molecular complexity index is 4460. The molecule has 0 spiro atoms. The fourth-order valence-corrected chi connectivity index (χ4v) is 8.84. The molecule has 8 aromatic carbocycles. The van der Waals surface area contributed by atoms with Crippen LogP contribution in [0.25, 0.3) is 0 Å². The normalized spacial score (nSPS) is 11.0. The number of pyridine rings is 4. The van der Waals surface area contributed by atoms with Gasteiger partial charge in [0, 0.05) is 105 Å². The SMILES string of the molecule is O=C([O-])CCC(=O)[O-].O=[N+]([O-])[O-].O=[N+]([O-])[O-].[Cu+2].[Cu+2].[Cu+2].[Cu+2].[O-]/C(=N\N=C(/c1ccccc1)c1ccccn1)c1ccccc1O.[O-]/C(=N\N=C(/c1ccccc1)c1ccccn1)c1ccccc1O.[O-]/C(=N\N=C(/c1ccccc1)c1ccccn1)c1ccccc1O.[O-]/C(=N\N=C(/c1ccccc1)c1ccccn1)c1ccccc1O.[OH3+]. The van der Waals surface area contributed by atoms with E-state index in [2.05, 4.69) is 60.7 Å². The van der Waals surface area contributed by atoms with Gasteiger partial charge in [-0.2, -0.15) is 20.4 Å². The minimum atomic E-state index is -1.75. The quantitative estimate of drug-likeness (QED) is 0.0201. The molecule has 0 saturated carbocycles. The summed E-state index contributed by atoms with van der Waals surface area (Å²) < 4.78 is 0. The Labute approximate surface area is 708 Å². The first kappa shape index (κ1) is 101. The van der Waals surface area contributed by atoms with Crippen LogP contribution in [0, 0.1) is 30.6 Å². The van der Waals surface area contributed by atoms with Crippen molar-refractivity contribution < 1.29 is 145 Å². The molecule has 0 fully saturated rings. The van der Waals surface area contributed by atoms with Crippen LogP contribution >= 0.6 is 0 Å². The number of carbonyl (C=O) groups is 2. The molecule has 0 aliphatic carbocycles. The maximum absolute atomic E-state index is 12.2. The third-order valence-electron chi connectivity index (χ3n) is 13.9. The minimum absolute atomic E-state index is 0. The van der Waals surface area contributed by atoms with Crippen LogP contribution in [-0.2, 0) is 83.3 Å². The Kier molecular flexibility index (Phi) is 48.0. The van der Waals surface area contributed by atoms with Crippen molar-refractivity contribution in [3.05, 3.63) is 414 Å². The number of benzene rings is 8. The van der Waals surface area contributed by atoms with Crippen molar-refractivity contribution in [2.24, 2.45) is 40.8 Å². The average Bonchev–Trinajstić information content (AvgIpc) is 0.852. The number of phenolic OH excluding ortho intramolecular Hbond substituents is 4. The van der Waals surface area contributed by atoms with Gasteiger partial charge in [-0.3, -0.25) is 19.9 Å². The molecular formula is C80H63Cu4N14O19+. The molecule has 0 aliphatic heterocycles. The van der Waals surface area contributed by atoms with Crippen LogP contribution < -0.4 is 30.6 Å². The van der Waals surface area contributed by atoms with Gasteiger partial charge in [0.25, 0.3) is 0 Å². The summed E-state index contributed by atoms with van der Waals surface area (Å²) in [6.45, 7) is 0. The van der Waals surface area contributed by atoms with Gasteiger partial charge in [0.15, 0.2) is 0 Å². The van der Waals surface area contributed by atoms with Gasteiger partial charge in [0.2, 0.25) is 0 Å². The summed E-state index contributed by atoms with van der Waals surface area (Å²) in [5, 5.41) is 168. The molecule has 33 nitrogen and oxygen atoms in total. The average molecular weight is 1780 g/mol. The Morgan fingerprint density at radius 3 is 0.581 bits per heavy atom. The predicted octanol–water partition coefficient (Wildman–Crippen LogP) is 5.24. The van der Waals surface area contributed by atoms with E-state index < -0.39 is 58.5 Å². The van der Waals surface area contributed by atoms with Gasteiger partial charge in [-0.15, -0.1) is 20.4 Å². The molecule has 0 unspecified atom stereocenters. The second-order valence-corrected chi connectivity index (χ2v) is 21.5. The molecule has 37 heteroatoms. The number of hydrogen-bond acceptors (Lipinski definition) is 30. The summed E-state index contributed by atoms with van der Waals surface area (Å²) in [4.78, 5) is 52.6. The third-order valence-corrected chi connectivity index (χ3v) is 13.9. The number of aromatic nitrogens is 4. The molecular weight excluding hydrogens is 1720 g/mol. The van der Waals surface area contributed by atoms with Gasteiger partial charge >= 0.3 is 68.3 Å². The minimum Gasteiger partial charge on any atom is -0.857 e. The first-order valence-corrected chi connectivity index (χ1v) is 32.5. The zero-order valence-electron chi connectivity index (χ0n) is 60.0. The van der Waals surface area contributed by atoms with E-state index in [-0.39, 0.29) is 119 Å². The summed E-state index contributed by atoms with van der Waals surface area (Å²) in [5.74, 6) is -5.68. The fraction of sp³-hybridized carbons (Fsp3) is 0.0250. The molecule has 0 atom stereocenters. The van der Waals surface area contributed by atoms with Gasteiger partial charge in [0.1, 0.15) is 45.8 Å². The van der Waals surface area contributed by atoms with E-state index >= 15 is 0 Å². The first-order valence-electron chi connectivity index (χ1n) is 32.5. The number of aromatic hydroxyl groups is 4. The molecule has 0 saturated heterocycles. The number of nitrogens with zero attached hydrogens (tertiary/aromatic N) is 14. The van der Waals surface area contributed by atoms with E-state index in [0.717, 1.165) is 22.3 Å². The molecule has 117 heavy (non-hydrogen) atoms. The Morgan fingerprint density at radius 1 is 0.265 bits per heavy atom. The molecule has 12 aromatic rings. The Morgan fingerprint density at radius 2 is 0.427 bits per heavy atom. The van der Waals surface area contributed by atoms with Crippen molar-refractivity contribution >= 4 is 58.4 Å². The maximum Gasteiger partial charge on any atom is 2.00 e. The summed E-state index contributed by atoms with van der Waals surface area (Å²) in [7, 11) is 0. The zero-order chi connectivity index (χ0) is 80.8. The van der Waals surface area contributed by atoms with E-state index in [1.54, 1.807) is 122 Å². The predicted molar refractivity (Wildman–Crippen MR) is 409 cm³/mol. The molecule has 7 N–H and O–H groups in total. The van der Waals surface area contributed by atoms with Gasteiger partial charge in [-0.1, -0.05) is 218 Å². The molecule has 610 valence electrons. The van der Waals surface area contributed by atoms with Crippen LogP contribution in [0.5, 0.6) is 23.0 Å². The largest absolute Gasteiger partial charge is 2.00 e. The molecule has 0 bridgehead atoms. The molecule has 0 aliphatic rings. The summed E-state index contributed by atoms with van der Waals surface area (Å²) >= 11 is 0. The number of carboxylic acids is 2. The van der Waals surface area contributed by atoms with Crippen molar-refractivity contribution in [2.75, 3.05) is 0 Å². The van der Waals surface area contributed by atoms with E-state index in [9.17, 15) is 60.7 Å². The third kappa shape index (κ3) is 36.2. The summed E-state index contributed by atoms with van der Waals surface area (Å²) in [6, 6.07) is 84.2. The smallest absolute Gasteiger partial charge is 0.857 e. The topological polar surface area (TPSA) is 569 Å². The van der Waals surface area contributed by atoms with Crippen LogP contribution in [0.2, 0.25) is 0 Å². The molecule has 0 amide bonds. The number of aliphatic carboxylic acids is 2. The first-order chi connectivity index (χ1) is 54.1.